The number of aromatic nitrogens is 1. The predicted octanol–water partition coefficient (Wildman–Crippen LogP) is 4.76. The molecule has 1 aromatic heterocycles. The van der Waals surface area contributed by atoms with Crippen LogP contribution in [-0.4, -0.2) is 21.9 Å². The third-order valence-corrected chi connectivity index (χ3v) is 4.72. The SMILES string of the molecule is O=C(O)Cc1ccc(N/N=C/c2cn(Cc3ccccc3)c3ccccc23)cc1. The van der Waals surface area contributed by atoms with Gasteiger partial charge in [0.1, 0.15) is 0 Å². The largest absolute Gasteiger partial charge is 0.481 e. The number of carboxylic acids is 1. The highest BCUT2D eigenvalue weighted by atomic mass is 16.4. The molecular weight excluding hydrogens is 362 g/mol. The molecule has 144 valence electrons. The van der Waals surface area contributed by atoms with E-state index < -0.39 is 5.97 Å². The first-order valence-corrected chi connectivity index (χ1v) is 9.40. The Labute approximate surface area is 168 Å². The van der Waals surface area contributed by atoms with E-state index in [-0.39, 0.29) is 6.42 Å². The van der Waals surface area contributed by atoms with Crippen molar-refractivity contribution in [1.82, 2.24) is 4.57 Å². The number of hydrogen-bond donors (Lipinski definition) is 2. The molecule has 0 bridgehead atoms. The van der Waals surface area contributed by atoms with E-state index in [4.69, 9.17) is 5.11 Å². The number of rotatable bonds is 7. The molecule has 0 atom stereocenters. The standard InChI is InChI=1S/C24H21N3O2/c28-24(29)14-18-10-12-21(13-11-18)26-25-15-20-17-27(16-19-6-2-1-3-7-19)23-9-5-4-8-22(20)23/h1-13,15,17,26H,14,16H2,(H,28,29)/b25-15+. The van der Waals surface area contributed by atoms with Gasteiger partial charge in [-0.1, -0.05) is 60.7 Å². The first-order chi connectivity index (χ1) is 14.2. The maximum Gasteiger partial charge on any atom is 0.307 e. The van der Waals surface area contributed by atoms with Crippen molar-refractivity contribution in [1.29, 1.82) is 0 Å². The van der Waals surface area contributed by atoms with Crippen LogP contribution in [0.25, 0.3) is 10.9 Å². The van der Waals surface area contributed by atoms with Crippen molar-refractivity contribution in [2.45, 2.75) is 13.0 Å². The molecule has 29 heavy (non-hydrogen) atoms. The van der Waals surface area contributed by atoms with E-state index in [9.17, 15) is 4.79 Å². The van der Waals surface area contributed by atoms with Crippen molar-refractivity contribution in [3.05, 3.63) is 102 Å². The van der Waals surface area contributed by atoms with Gasteiger partial charge in [-0.15, -0.1) is 0 Å². The van der Waals surface area contributed by atoms with E-state index in [2.05, 4.69) is 57.7 Å². The molecule has 0 saturated heterocycles. The molecule has 0 spiro atoms. The number of carboxylic acid groups (broad SMARTS) is 1. The normalized spacial score (nSPS) is 11.2. The number of hydrazone groups is 1. The smallest absolute Gasteiger partial charge is 0.307 e. The lowest BCUT2D eigenvalue weighted by Crippen LogP contribution is -1.99. The van der Waals surface area contributed by atoms with Gasteiger partial charge in [-0.05, 0) is 29.3 Å². The van der Waals surface area contributed by atoms with Crippen LogP contribution in [0.1, 0.15) is 16.7 Å². The Morgan fingerprint density at radius 1 is 0.931 bits per heavy atom. The van der Waals surface area contributed by atoms with Gasteiger partial charge in [-0.3, -0.25) is 10.2 Å². The van der Waals surface area contributed by atoms with Crippen molar-refractivity contribution >= 4 is 28.8 Å². The highest BCUT2D eigenvalue weighted by molar-refractivity contribution is 5.99. The molecule has 2 N–H and O–H groups in total. The van der Waals surface area contributed by atoms with E-state index >= 15 is 0 Å². The van der Waals surface area contributed by atoms with Gasteiger partial charge in [-0.2, -0.15) is 5.10 Å². The highest BCUT2D eigenvalue weighted by Gasteiger charge is 2.07. The fraction of sp³-hybridized carbons (Fsp3) is 0.0833. The maximum atomic E-state index is 10.8. The average molecular weight is 383 g/mol. The number of nitrogens with zero attached hydrogens (tertiary/aromatic N) is 2. The van der Waals surface area contributed by atoms with Crippen LogP contribution >= 0.6 is 0 Å². The molecule has 0 fully saturated rings. The van der Waals surface area contributed by atoms with E-state index in [0.29, 0.717) is 0 Å². The van der Waals surface area contributed by atoms with Gasteiger partial charge in [0, 0.05) is 29.2 Å². The van der Waals surface area contributed by atoms with E-state index in [1.807, 2.05) is 36.5 Å². The Balaban J connectivity index is 1.52. The molecule has 0 radical (unpaired) electrons. The number of carbonyl (C=O) groups is 1. The number of benzene rings is 3. The lowest BCUT2D eigenvalue weighted by Gasteiger charge is -2.05. The third-order valence-electron chi connectivity index (χ3n) is 4.72. The van der Waals surface area contributed by atoms with Crippen molar-refractivity contribution < 1.29 is 9.90 Å². The fourth-order valence-corrected chi connectivity index (χ4v) is 3.34. The summed E-state index contributed by atoms with van der Waals surface area (Å²) >= 11 is 0. The van der Waals surface area contributed by atoms with Crippen LogP contribution in [0.15, 0.2) is 90.2 Å². The molecule has 3 aromatic carbocycles. The van der Waals surface area contributed by atoms with Crippen LogP contribution in [0.4, 0.5) is 5.69 Å². The van der Waals surface area contributed by atoms with Gasteiger partial charge in [0.15, 0.2) is 0 Å². The van der Waals surface area contributed by atoms with Crippen molar-refractivity contribution in [2.24, 2.45) is 5.10 Å². The molecule has 5 nitrogen and oxygen atoms in total. The Hall–Kier alpha value is -3.86. The molecule has 4 rings (SSSR count). The Morgan fingerprint density at radius 3 is 2.41 bits per heavy atom. The summed E-state index contributed by atoms with van der Waals surface area (Å²) in [6.45, 7) is 0.799. The zero-order valence-electron chi connectivity index (χ0n) is 15.8. The first kappa shape index (κ1) is 18.5. The summed E-state index contributed by atoms with van der Waals surface area (Å²) in [4.78, 5) is 10.8. The number of fused-ring (bicyclic) bond motifs is 1. The molecule has 0 aliphatic heterocycles. The number of anilines is 1. The third kappa shape index (κ3) is 4.52. The summed E-state index contributed by atoms with van der Waals surface area (Å²) in [5, 5.41) is 14.4. The van der Waals surface area contributed by atoms with Crippen LogP contribution in [0.3, 0.4) is 0 Å². The predicted molar refractivity (Wildman–Crippen MR) is 116 cm³/mol. The number of aliphatic carboxylic acids is 1. The van der Waals surface area contributed by atoms with Crippen molar-refractivity contribution in [3.63, 3.8) is 0 Å². The van der Waals surface area contributed by atoms with Crippen LogP contribution in [0.5, 0.6) is 0 Å². The van der Waals surface area contributed by atoms with E-state index in [1.54, 1.807) is 12.1 Å². The van der Waals surface area contributed by atoms with Crippen LogP contribution in [-0.2, 0) is 17.8 Å². The summed E-state index contributed by atoms with van der Waals surface area (Å²) in [7, 11) is 0. The van der Waals surface area contributed by atoms with Crippen LogP contribution < -0.4 is 5.43 Å². The highest BCUT2D eigenvalue weighted by Crippen LogP contribution is 2.21. The Morgan fingerprint density at radius 2 is 1.66 bits per heavy atom. The van der Waals surface area contributed by atoms with Gasteiger partial charge in [0.25, 0.3) is 0 Å². The first-order valence-electron chi connectivity index (χ1n) is 9.40. The van der Waals surface area contributed by atoms with Gasteiger partial charge < -0.3 is 9.67 Å². The molecular formula is C24H21N3O2. The van der Waals surface area contributed by atoms with Gasteiger partial charge >= 0.3 is 5.97 Å². The number of nitrogens with one attached hydrogen (secondary N) is 1. The minimum Gasteiger partial charge on any atom is -0.481 e. The van der Waals surface area contributed by atoms with Crippen molar-refractivity contribution in [2.75, 3.05) is 5.43 Å². The summed E-state index contributed by atoms with van der Waals surface area (Å²) in [5.41, 5.74) is 8.02. The van der Waals surface area contributed by atoms with E-state index in [0.717, 1.165) is 34.3 Å². The molecule has 1 heterocycles. The molecule has 0 unspecified atom stereocenters. The van der Waals surface area contributed by atoms with Crippen LogP contribution in [0.2, 0.25) is 0 Å². The molecule has 0 aliphatic rings. The number of hydrogen-bond acceptors (Lipinski definition) is 3. The monoisotopic (exact) mass is 383 g/mol. The molecule has 0 aliphatic carbocycles. The fourth-order valence-electron chi connectivity index (χ4n) is 3.34. The molecule has 0 amide bonds. The molecule has 5 heteroatoms. The summed E-state index contributed by atoms with van der Waals surface area (Å²) < 4.78 is 2.23. The Kier molecular flexibility index (Phi) is 5.38. The van der Waals surface area contributed by atoms with Gasteiger partial charge in [0.2, 0.25) is 0 Å². The Bertz CT molecular complexity index is 1150. The van der Waals surface area contributed by atoms with E-state index in [1.165, 1.54) is 5.56 Å². The second-order valence-corrected chi connectivity index (χ2v) is 6.85. The van der Waals surface area contributed by atoms with Crippen LogP contribution in [0, 0.1) is 0 Å². The summed E-state index contributed by atoms with van der Waals surface area (Å²) in [5.74, 6) is -0.837. The zero-order chi connectivity index (χ0) is 20.1. The summed E-state index contributed by atoms with van der Waals surface area (Å²) in [6, 6.07) is 25.9. The lowest BCUT2D eigenvalue weighted by atomic mass is 10.1. The second kappa shape index (κ2) is 8.44. The maximum absolute atomic E-state index is 10.8. The number of para-hydroxylation sites is 1. The zero-order valence-corrected chi connectivity index (χ0v) is 15.8. The quantitative estimate of drug-likeness (QED) is 0.357. The molecule has 4 aromatic rings. The minimum atomic E-state index is -0.837. The van der Waals surface area contributed by atoms with Gasteiger partial charge in [0.05, 0.1) is 18.3 Å². The van der Waals surface area contributed by atoms with Gasteiger partial charge in [-0.25, -0.2) is 0 Å². The molecule has 0 saturated carbocycles. The van der Waals surface area contributed by atoms with Crippen molar-refractivity contribution in [3.8, 4) is 0 Å². The second-order valence-electron chi connectivity index (χ2n) is 6.85. The minimum absolute atomic E-state index is 0.0183. The topological polar surface area (TPSA) is 66.6 Å². The summed E-state index contributed by atoms with van der Waals surface area (Å²) in [6.07, 6.45) is 3.94. The average Bonchev–Trinajstić information content (AvgIpc) is 3.07. The lowest BCUT2D eigenvalue weighted by molar-refractivity contribution is -0.136.